The van der Waals surface area contributed by atoms with Gasteiger partial charge in [0.2, 0.25) is 5.95 Å². The molecule has 2 aliphatic rings. The highest BCUT2D eigenvalue weighted by atomic mass is 32.1. The van der Waals surface area contributed by atoms with Crippen molar-refractivity contribution in [1.82, 2.24) is 20.2 Å². The highest BCUT2D eigenvalue weighted by Crippen LogP contribution is 2.26. The zero-order valence-electron chi connectivity index (χ0n) is 24.5. The molecular weight excluding hydrogens is 566 g/mol. The van der Waals surface area contributed by atoms with Crippen LogP contribution in [-0.2, 0) is 0 Å². The lowest BCUT2D eigenvalue weighted by atomic mass is 10.3. The molecule has 0 aliphatic carbocycles. The van der Waals surface area contributed by atoms with Gasteiger partial charge in [0, 0.05) is 76.2 Å². The van der Waals surface area contributed by atoms with Crippen molar-refractivity contribution in [2.75, 3.05) is 79.8 Å². The van der Waals surface area contributed by atoms with Gasteiger partial charge >= 0.3 is 0 Å². The Balaban J connectivity index is 1.01. The van der Waals surface area contributed by atoms with E-state index in [1.807, 2.05) is 24.3 Å². The number of hydrogen-bond donors (Lipinski definition) is 3. The first-order valence-corrected chi connectivity index (χ1v) is 15.2. The molecule has 228 valence electrons. The molecule has 2 fully saturated rings. The monoisotopic (exact) mass is 605 g/mol. The van der Waals surface area contributed by atoms with Crippen molar-refractivity contribution in [3.8, 4) is 11.5 Å². The minimum atomic E-state index is -0.438. The summed E-state index contributed by atoms with van der Waals surface area (Å²) in [4.78, 5) is 27.0. The van der Waals surface area contributed by atoms with Crippen molar-refractivity contribution in [2.45, 2.75) is 25.7 Å². The fourth-order valence-electron chi connectivity index (χ4n) is 5.08. The van der Waals surface area contributed by atoms with E-state index in [1.54, 1.807) is 12.1 Å². The number of nitro benzene ring substituents is 1. The smallest absolute Gasteiger partial charge is 0.269 e. The van der Waals surface area contributed by atoms with Crippen LogP contribution in [0.1, 0.15) is 25.7 Å². The molecule has 0 saturated carbocycles. The van der Waals surface area contributed by atoms with Gasteiger partial charge in [0.15, 0.2) is 5.11 Å². The standard InChI is InChI=1S/C30H39N9O3S/c1-36(20-14-31-27-22-28(37-16-2-3-17-37)35-29(34-27)38-18-4-5-19-38)21-15-32-30(43)33-23-6-10-25(11-7-23)42-26-12-8-24(9-13-26)39(40)41/h6-13,22H,2-5,14-21H2,1H3,(H,31,34,35)(H2,32,33,43). The molecule has 2 saturated heterocycles. The normalized spacial score (nSPS) is 14.7. The summed E-state index contributed by atoms with van der Waals surface area (Å²) >= 11 is 5.46. The predicted molar refractivity (Wildman–Crippen MR) is 175 cm³/mol. The number of non-ortho nitro benzene ring substituents is 1. The molecular formula is C30H39N9O3S. The quantitative estimate of drug-likeness (QED) is 0.142. The Bertz CT molecular complexity index is 1330. The van der Waals surface area contributed by atoms with Gasteiger partial charge in [-0.2, -0.15) is 9.97 Å². The summed E-state index contributed by atoms with van der Waals surface area (Å²) in [7, 11) is 2.09. The van der Waals surface area contributed by atoms with Gasteiger partial charge in [0.1, 0.15) is 23.1 Å². The predicted octanol–water partition coefficient (Wildman–Crippen LogP) is 4.71. The molecule has 13 heteroatoms. The summed E-state index contributed by atoms with van der Waals surface area (Å²) in [6, 6.07) is 15.4. The van der Waals surface area contributed by atoms with Gasteiger partial charge in [-0.25, -0.2) is 0 Å². The number of benzene rings is 2. The van der Waals surface area contributed by atoms with Crippen molar-refractivity contribution in [2.24, 2.45) is 0 Å². The van der Waals surface area contributed by atoms with E-state index in [0.717, 1.165) is 69.1 Å². The SMILES string of the molecule is CN(CCNC(=S)Nc1ccc(Oc2ccc([N+](=O)[O-])cc2)cc1)CCNc1cc(N2CCCC2)nc(N2CCCC2)n1. The second kappa shape index (κ2) is 14.8. The topological polar surface area (TPSA) is 124 Å². The molecule has 3 N–H and O–H groups in total. The number of aromatic nitrogens is 2. The first kappa shape index (κ1) is 30.2. The molecule has 3 aromatic rings. The molecule has 0 radical (unpaired) electrons. The van der Waals surface area contributed by atoms with Crippen LogP contribution in [0, 0.1) is 10.1 Å². The third-order valence-corrected chi connectivity index (χ3v) is 7.74. The van der Waals surface area contributed by atoms with Crippen molar-refractivity contribution in [3.05, 3.63) is 64.7 Å². The number of likely N-dealkylation sites (N-methyl/N-ethyl adjacent to an activating group) is 1. The number of thiocarbonyl (C=S) groups is 1. The van der Waals surface area contributed by atoms with Crippen LogP contribution in [0.2, 0.25) is 0 Å². The summed E-state index contributed by atoms with van der Waals surface area (Å²) in [5, 5.41) is 21.3. The van der Waals surface area contributed by atoms with E-state index in [9.17, 15) is 10.1 Å². The zero-order valence-corrected chi connectivity index (χ0v) is 25.3. The van der Waals surface area contributed by atoms with E-state index in [0.29, 0.717) is 23.2 Å². The van der Waals surface area contributed by atoms with Crippen LogP contribution >= 0.6 is 12.2 Å². The minimum Gasteiger partial charge on any atom is -0.457 e. The van der Waals surface area contributed by atoms with Crippen LogP contribution in [0.15, 0.2) is 54.6 Å². The number of anilines is 4. The number of nitro groups is 1. The Morgan fingerprint density at radius 2 is 1.53 bits per heavy atom. The number of nitrogens with one attached hydrogen (secondary N) is 3. The fraction of sp³-hybridized carbons (Fsp3) is 0.433. The van der Waals surface area contributed by atoms with Crippen molar-refractivity contribution < 1.29 is 9.66 Å². The number of hydrogen-bond acceptors (Lipinski definition) is 10. The fourth-order valence-corrected chi connectivity index (χ4v) is 5.30. The molecule has 0 bridgehead atoms. The first-order chi connectivity index (χ1) is 20.9. The van der Waals surface area contributed by atoms with Gasteiger partial charge in [-0.15, -0.1) is 0 Å². The van der Waals surface area contributed by atoms with Crippen LogP contribution in [0.25, 0.3) is 0 Å². The molecule has 2 aromatic carbocycles. The zero-order chi connectivity index (χ0) is 30.0. The Morgan fingerprint density at radius 1 is 0.930 bits per heavy atom. The van der Waals surface area contributed by atoms with Crippen LogP contribution in [-0.4, -0.2) is 84.3 Å². The van der Waals surface area contributed by atoms with Crippen LogP contribution in [0.5, 0.6) is 11.5 Å². The lowest BCUT2D eigenvalue weighted by molar-refractivity contribution is -0.384. The van der Waals surface area contributed by atoms with Gasteiger partial charge in [-0.3, -0.25) is 10.1 Å². The summed E-state index contributed by atoms with van der Waals surface area (Å²) in [6.07, 6.45) is 4.84. The van der Waals surface area contributed by atoms with Crippen molar-refractivity contribution in [3.63, 3.8) is 0 Å². The van der Waals surface area contributed by atoms with E-state index in [4.69, 9.17) is 26.9 Å². The average molecular weight is 606 g/mol. The van der Waals surface area contributed by atoms with E-state index in [1.165, 1.54) is 37.8 Å². The lowest BCUT2D eigenvalue weighted by Crippen LogP contribution is -2.36. The maximum Gasteiger partial charge on any atom is 0.269 e. The van der Waals surface area contributed by atoms with Crippen LogP contribution < -0.4 is 30.5 Å². The molecule has 43 heavy (non-hydrogen) atoms. The minimum absolute atomic E-state index is 0.0239. The maximum atomic E-state index is 10.8. The average Bonchev–Trinajstić information content (AvgIpc) is 3.74. The lowest BCUT2D eigenvalue weighted by Gasteiger charge is -2.22. The third kappa shape index (κ3) is 8.88. The molecule has 2 aliphatic heterocycles. The molecule has 0 unspecified atom stereocenters. The molecule has 12 nitrogen and oxygen atoms in total. The number of ether oxygens (including phenoxy) is 1. The van der Waals surface area contributed by atoms with Gasteiger partial charge in [-0.1, -0.05) is 0 Å². The molecule has 1 aromatic heterocycles. The Kier molecular flexibility index (Phi) is 10.4. The van der Waals surface area contributed by atoms with Gasteiger partial charge < -0.3 is 35.4 Å². The van der Waals surface area contributed by atoms with Gasteiger partial charge in [0.05, 0.1) is 4.92 Å². The second-order valence-electron chi connectivity index (χ2n) is 10.8. The molecule has 0 spiro atoms. The Hall–Kier alpha value is -4.23. The Labute approximate surface area is 257 Å². The largest absolute Gasteiger partial charge is 0.457 e. The highest BCUT2D eigenvalue weighted by molar-refractivity contribution is 7.80. The summed E-state index contributed by atoms with van der Waals surface area (Å²) in [5.74, 6) is 3.91. The molecule has 5 rings (SSSR count). The Morgan fingerprint density at radius 3 is 2.19 bits per heavy atom. The number of nitrogens with zero attached hydrogens (tertiary/aromatic N) is 6. The van der Waals surface area contributed by atoms with E-state index < -0.39 is 4.92 Å². The highest BCUT2D eigenvalue weighted by Gasteiger charge is 2.20. The third-order valence-electron chi connectivity index (χ3n) is 7.49. The first-order valence-electron chi connectivity index (χ1n) is 14.8. The second-order valence-corrected chi connectivity index (χ2v) is 11.2. The summed E-state index contributed by atoms with van der Waals surface area (Å²) in [5.41, 5.74) is 0.855. The van der Waals surface area contributed by atoms with Crippen molar-refractivity contribution in [1.29, 1.82) is 0 Å². The number of rotatable bonds is 13. The summed E-state index contributed by atoms with van der Waals surface area (Å²) in [6.45, 7) is 7.35. The van der Waals surface area contributed by atoms with E-state index in [2.05, 4.69) is 43.8 Å². The van der Waals surface area contributed by atoms with Crippen LogP contribution in [0.4, 0.5) is 29.0 Å². The molecule has 3 heterocycles. The van der Waals surface area contributed by atoms with Crippen LogP contribution in [0.3, 0.4) is 0 Å². The van der Waals surface area contributed by atoms with E-state index >= 15 is 0 Å². The molecule has 0 atom stereocenters. The summed E-state index contributed by atoms with van der Waals surface area (Å²) < 4.78 is 5.76. The van der Waals surface area contributed by atoms with Gasteiger partial charge in [0.25, 0.3) is 5.69 Å². The maximum absolute atomic E-state index is 10.8. The van der Waals surface area contributed by atoms with E-state index in [-0.39, 0.29) is 5.69 Å². The molecule has 0 amide bonds. The van der Waals surface area contributed by atoms with Gasteiger partial charge in [-0.05, 0) is 81.3 Å². The van der Waals surface area contributed by atoms with Crippen molar-refractivity contribution >= 4 is 46.3 Å².